The van der Waals surface area contributed by atoms with Gasteiger partial charge in [-0.2, -0.15) is 0 Å². The van der Waals surface area contributed by atoms with Crippen LogP contribution < -0.4 is 0 Å². The Morgan fingerprint density at radius 2 is 1.24 bits per heavy atom. The average molecular weight is 977 g/mol. The number of hydrogen-bond acceptors (Lipinski definition) is 20. The highest BCUT2D eigenvalue weighted by Crippen LogP contribution is 2.76. The van der Waals surface area contributed by atoms with E-state index in [1.165, 1.54) is 0 Å². The van der Waals surface area contributed by atoms with Crippen LogP contribution in [0.4, 0.5) is 0 Å². The predicted octanol–water partition coefficient (Wildman–Crippen LogP) is -2.77. The van der Waals surface area contributed by atoms with Gasteiger partial charge in [-0.3, -0.25) is 0 Å². The topological polar surface area (TPSA) is 356 Å². The molecule has 68 heavy (non-hydrogen) atoms. The summed E-state index contributed by atoms with van der Waals surface area (Å²) in [4.78, 5) is 12.8. The van der Waals surface area contributed by atoms with E-state index in [9.17, 15) is 76.3 Å². The fourth-order valence-corrected chi connectivity index (χ4v) is 15.2. The highest BCUT2D eigenvalue weighted by atomic mass is 16.8. The van der Waals surface area contributed by atoms with Crippen molar-refractivity contribution in [3.63, 3.8) is 0 Å². The first kappa shape index (κ1) is 52.8. The third kappa shape index (κ3) is 7.63. The van der Waals surface area contributed by atoms with E-state index < -0.39 is 181 Å². The molecule has 7 fully saturated rings. The summed E-state index contributed by atoms with van der Waals surface area (Å²) < 4.78 is 36.1. The second kappa shape index (κ2) is 18.4. The molecule has 4 saturated carbocycles. The molecule has 0 aromatic carbocycles. The van der Waals surface area contributed by atoms with Gasteiger partial charge in [0.15, 0.2) is 25.0 Å². The van der Waals surface area contributed by atoms with Gasteiger partial charge in [0.1, 0.15) is 61.0 Å². The van der Waals surface area contributed by atoms with Gasteiger partial charge in [0.2, 0.25) is 0 Å². The number of allylic oxidation sites excluding steroid dienone is 2. The molecule has 21 heteroatoms. The quantitative estimate of drug-likeness (QED) is 0.0736. The number of aliphatic hydroxyl groups is 13. The average Bonchev–Trinajstić information content (AvgIpc) is 3.56. The Kier molecular flexibility index (Phi) is 14.3. The summed E-state index contributed by atoms with van der Waals surface area (Å²) in [5, 5.41) is 153. The molecular weight excluding hydrogens is 900 g/mol. The van der Waals surface area contributed by atoms with Crippen LogP contribution in [-0.2, 0) is 33.2 Å². The van der Waals surface area contributed by atoms with Crippen molar-refractivity contribution in [3.05, 3.63) is 11.6 Å². The highest BCUT2D eigenvalue weighted by Gasteiger charge is 2.73. The van der Waals surface area contributed by atoms with E-state index in [4.69, 9.17) is 28.4 Å². The summed E-state index contributed by atoms with van der Waals surface area (Å²) in [5.41, 5.74) is -3.56. The lowest BCUT2D eigenvalue weighted by Gasteiger charge is -2.72. The third-order valence-corrected chi connectivity index (χ3v) is 19.5. The Bertz CT molecular complexity index is 1870. The third-order valence-electron chi connectivity index (χ3n) is 19.5. The summed E-state index contributed by atoms with van der Waals surface area (Å²) in [6, 6.07) is 0. The molecule has 21 nitrogen and oxygen atoms in total. The van der Waals surface area contributed by atoms with Crippen LogP contribution in [0.2, 0.25) is 0 Å². The molecule has 0 aromatic heterocycles. The Morgan fingerprint density at radius 1 is 0.647 bits per heavy atom. The van der Waals surface area contributed by atoms with Gasteiger partial charge in [-0.05, 0) is 84.4 Å². The SMILES string of the molecule is CC1(C)C[C@H]2C3=CC[C@@H]4[C@@]5(C)CC[C@H](O[C@@H]6O[C@H](C(=O)O)[C@@H](O)[C@H](O[C@@H]7O[C@@H](CO)[C@H](O)[C@H]7O)[C@H]6O[C@@H]6O[C@H](CO)[C@H](O)[C@H](O)[C@H]6O)[C@](C)(CO)[C@@H]5CC[C@@]4(C)[C@]3(C)C[C@@H](O)[C@@]2(CO)[C@@H](O)[C@@H]1O. The maximum atomic E-state index is 12.8. The Labute approximate surface area is 395 Å². The first-order valence-electron chi connectivity index (χ1n) is 24.2. The number of aliphatic hydroxyl groups excluding tert-OH is 13. The minimum atomic E-state index is -2.13. The van der Waals surface area contributed by atoms with Crippen LogP contribution in [-0.4, -0.2) is 214 Å². The molecular formula is C47H76O21. The van der Waals surface area contributed by atoms with E-state index in [1.54, 1.807) is 0 Å². The molecule has 14 N–H and O–H groups in total. The van der Waals surface area contributed by atoms with Crippen LogP contribution in [0, 0.1) is 50.2 Å². The van der Waals surface area contributed by atoms with Crippen molar-refractivity contribution in [2.45, 2.75) is 197 Å². The summed E-state index contributed by atoms with van der Waals surface area (Å²) in [6.45, 7) is 9.80. The molecule has 5 aliphatic carbocycles. The molecule has 0 aromatic rings. The van der Waals surface area contributed by atoms with E-state index in [2.05, 4.69) is 26.8 Å². The maximum Gasteiger partial charge on any atom is 0.335 e. The standard InChI is InChI=1S/C47H76O21/c1-42(2)13-20-19-7-8-24-43(3)11-10-26(44(4,17-50)23(43)9-12-45(24,5)46(19,6)14-25(52)47(20,18-51)37(60)36(42)59)65-41-35(68-40-31(57)29(55)27(53)21(15-48)63-40)33(32(58)34(67-41)38(61)62)66-39-30(56)28(54)22(16-49)64-39/h7,20-37,39-41,48-60H,8-18H2,1-6H3,(H,61,62)/t20-,21+,22-,23+,24+,25+,26-,27-,28-,29-,30+,31+,32-,33-,34-,35+,36-,37-,39-,40-,41+,43-,44+,45+,46+,47-/m0/s1. The van der Waals surface area contributed by atoms with Gasteiger partial charge >= 0.3 is 5.97 Å². The van der Waals surface area contributed by atoms with Crippen LogP contribution in [0.15, 0.2) is 11.6 Å². The van der Waals surface area contributed by atoms with Crippen LogP contribution in [0.25, 0.3) is 0 Å². The molecule has 26 atom stereocenters. The van der Waals surface area contributed by atoms with E-state index in [0.29, 0.717) is 32.1 Å². The number of hydrogen-bond donors (Lipinski definition) is 14. The predicted molar refractivity (Wildman–Crippen MR) is 230 cm³/mol. The van der Waals surface area contributed by atoms with Crippen molar-refractivity contribution in [2.75, 3.05) is 26.4 Å². The second-order valence-corrected chi connectivity index (χ2v) is 23.1. The van der Waals surface area contributed by atoms with E-state index >= 15 is 0 Å². The monoisotopic (exact) mass is 976 g/mol. The number of fused-ring (bicyclic) bond motifs is 7. The van der Waals surface area contributed by atoms with Crippen LogP contribution in [0.3, 0.4) is 0 Å². The number of carboxylic acids is 1. The smallest absolute Gasteiger partial charge is 0.335 e. The fraction of sp³-hybridized carbons (Fsp3) is 0.936. The zero-order chi connectivity index (χ0) is 50.0. The Balaban J connectivity index is 1.13. The zero-order valence-electron chi connectivity index (χ0n) is 39.6. The van der Waals surface area contributed by atoms with Gasteiger partial charge in [0.25, 0.3) is 0 Å². The van der Waals surface area contributed by atoms with Crippen LogP contribution >= 0.6 is 0 Å². The fourth-order valence-electron chi connectivity index (χ4n) is 15.2. The van der Waals surface area contributed by atoms with Gasteiger partial charge in [0, 0.05) is 5.41 Å². The minimum Gasteiger partial charge on any atom is -0.479 e. The van der Waals surface area contributed by atoms with Crippen molar-refractivity contribution in [1.29, 1.82) is 0 Å². The lowest BCUT2D eigenvalue weighted by Crippen LogP contribution is -2.72. The van der Waals surface area contributed by atoms with E-state index in [1.807, 2.05) is 20.8 Å². The second-order valence-electron chi connectivity index (χ2n) is 23.1. The van der Waals surface area contributed by atoms with Crippen molar-refractivity contribution in [2.24, 2.45) is 50.2 Å². The largest absolute Gasteiger partial charge is 0.479 e. The van der Waals surface area contributed by atoms with Crippen molar-refractivity contribution >= 4 is 5.97 Å². The molecule has 0 amide bonds. The summed E-state index contributed by atoms with van der Waals surface area (Å²) in [5.74, 6) is -2.33. The van der Waals surface area contributed by atoms with E-state index in [-0.39, 0.29) is 24.7 Å². The van der Waals surface area contributed by atoms with Gasteiger partial charge in [-0.25, -0.2) is 4.79 Å². The lowest BCUT2D eigenvalue weighted by molar-refractivity contribution is -0.387. The molecule has 3 saturated heterocycles. The van der Waals surface area contributed by atoms with Crippen molar-refractivity contribution < 1.29 is 105 Å². The molecule has 8 rings (SSSR count). The van der Waals surface area contributed by atoms with Gasteiger partial charge < -0.3 is 99.9 Å². The number of carboxylic acid groups (broad SMARTS) is 1. The number of carbonyl (C=O) groups is 1. The normalized spacial score (nSPS) is 55.6. The molecule has 0 radical (unpaired) electrons. The molecule has 390 valence electrons. The molecule has 3 heterocycles. The lowest BCUT2D eigenvalue weighted by atomic mass is 9.33. The maximum absolute atomic E-state index is 12.8. The Morgan fingerprint density at radius 3 is 1.81 bits per heavy atom. The summed E-state index contributed by atoms with van der Waals surface area (Å²) >= 11 is 0. The molecule has 0 bridgehead atoms. The summed E-state index contributed by atoms with van der Waals surface area (Å²) in [7, 11) is 0. The molecule has 0 unspecified atom stereocenters. The first-order valence-corrected chi connectivity index (χ1v) is 24.2. The zero-order valence-corrected chi connectivity index (χ0v) is 39.6. The van der Waals surface area contributed by atoms with Crippen LogP contribution in [0.5, 0.6) is 0 Å². The molecule has 3 aliphatic heterocycles. The first-order chi connectivity index (χ1) is 31.8. The minimum absolute atomic E-state index is 0.0104. The Hall–Kier alpha value is -1.55. The van der Waals surface area contributed by atoms with E-state index in [0.717, 1.165) is 5.57 Å². The number of ether oxygens (including phenoxy) is 6. The molecule has 0 spiro atoms. The van der Waals surface area contributed by atoms with Gasteiger partial charge in [-0.15, -0.1) is 0 Å². The van der Waals surface area contributed by atoms with Crippen LogP contribution in [0.1, 0.15) is 86.5 Å². The van der Waals surface area contributed by atoms with Gasteiger partial charge in [0.05, 0.1) is 56.3 Å². The highest BCUT2D eigenvalue weighted by molar-refractivity contribution is 5.73. The molecule has 8 aliphatic rings. The van der Waals surface area contributed by atoms with Crippen molar-refractivity contribution in [1.82, 2.24) is 0 Å². The summed E-state index contributed by atoms with van der Waals surface area (Å²) in [6.07, 6.45) is -24.4. The van der Waals surface area contributed by atoms with Crippen molar-refractivity contribution in [3.8, 4) is 0 Å². The number of rotatable bonds is 11. The number of aliphatic carboxylic acids is 1. The van der Waals surface area contributed by atoms with Gasteiger partial charge in [-0.1, -0.05) is 53.2 Å².